The predicted octanol–water partition coefficient (Wildman–Crippen LogP) is 3.12. The molecular weight excluding hydrogens is 282 g/mol. The highest BCUT2D eigenvalue weighted by atomic mass is 35.5. The minimum absolute atomic E-state index is 0.0471. The Morgan fingerprint density at radius 3 is 2.84 bits per heavy atom. The summed E-state index contributed by atoms with van der Waals surface area (Å²) in [4.78, 5) is 4.23. The average molecular weight is 294 g/mol. The molecule has 0 aliphatic carbocycles. The molecule has 0 atom stereocenters. The number of nitrogens with two attached hydrogens (primary N) is 1. The number of benzene rings is 1. The summed E-state index contributed by atoms with van der Waals surface area (Å²) in [6.45, 7) is 0. The van der Waals surface area contributed by atoms with E-state index in [0.717, 1.165) is 10.6 Å². The summed E-state index contributed by atoms with van der Waals surface area (Å²) in [7, 11) is 0. The fourth-order valence-electron chi connectivity index (χ4n) is 1.47. The molecule has 0 spiro atoms. The van der Waals surface area contributed by atoms with Gasteiger partial charge in [-0.1, -0.05) is 35.0 Å². The number of pyridine rings is 1. The van der Waals surface area contributed by atoms with Crippen molar-refractivity contribution in [1.82, 2.24) is 4.98 Å². The fourth-order valence-corrected chi connectivity index (χ4v) is 2.66. The molecule has 0 fully saturated rings. The third kappa shape index (κ3) is 3.62. The Balaban J connectivity index is 2.10. The lowest BCUT2D eigenvalue weighted by Crippen LogP contribution is -2.12. The van der Waals surface area contributed by atoms with Gasteiger partial charge in [0, 0.05) is 22.5 Å². The summed E-state index contributed by atoms with van der Waals surface area (Å²) in [6, 6.07) is 11.1. The Kier molecular flexibility index (Phi) is 4.65. The topological polar surface area (TPSA) is 71.5 Å². The second kappa shape index (κ2) is 6.45. The molecule has 1 aromatic carbocycles. The molecule has 4 nitrogen and oxygen atoms in total. The standard InChI is InChI=1S/C13H12ClN3OS/c14-11-7-9(13(15)17-18)4-5-10(11)8-19-12-3-1-2-6-16-12/h1-7,18H,8H2,(H2,15,17). The Hall–Kier alpha value is -1.72. The zero-order chi connectivity index (χ0) is 13.7. The molecule has 0 radical (unpaired) electrons. The molecule has 6 heteroatoms. The Morgan fingerprint density at radius 2 is 2.21 bits per heavy atom. The Bertz CT molecular complexity index is 590. The van der Waals surface area contributed by atoms with E-state index in [1.807, 2.05) is 24.3 Å². The molecule has 19 heavy (non-hydrogen) atoms. The number of amidine groups is 1. The van der Waals surface area contributed by atoms with Crippen molar-refractivity contribution in [1.29, 1.82) is 0 Å². The van der Waals surface area contributed by atoms with Crippen LogP contribution in [0, 0.1) is 0 Å². The van der Waals surface area contributed by atoms with E-state index in [1.54, 1.807) is 30.1 Å². The third-order valence-electron chi connectivity index (χ3n) is 2.47. The summed E-state index contributed by atoms with van der Waals surface area (Å²) < 4.78 is 0. The summed E-state index contributed by atoms with van der Waals surface area (Å²) in [5.74, 6) is 0.762. The highest BCUT2D eigenvalue weighted by Crippen LogP contribution is 2.26. The molecule has 98 valence electrons. The minimum atomic E-state index is 0.0471. The number of halogens is 1. The van der Waals surface area contributed by atoms with Crippen LogP contribution in [-0.4, -0.2) is 16.0 Å². The highest BCUT2D eigenvalue weighted by molar-refractivity contribution is 7.98. The second-order valence-corrected chi connectivity index (χ2v) is 5.15. The number of hydrogen-bond donors (Lipinski definition) is 2. The molecule has 0 bridgehead atoms. The highest BCUT2D eigenvalue weighted by Gasteiger charge is 2.06. The van der Waals surface area contributed by atoms with Crippen LogP contribution in [0.4, 0.5) is 0 Å². The van der Waals surface area contributed by atoms with Crippen LogP contribution >= 0.6 is 23.4 Å². The van der Waals surface area contributed by atoms with Gasteiger partial charge in [-0.3, -0.25) is 0 Å². The summed E-state index contributed by atoms with van der Waals surface area (Å²) >= 11 is 7.77. The number of rotatable bonds is 4. The number of hydrogen-bond acceptors (Lipinski definition) is 4. The molecule has 1 aromatic heterocycles. The van der Waals surface area contributed by atoms with Crippen LogP contribution in [0.15, 0.2) is 52.8 Å². The predicted molar refractivity (Wildman–Crippen MR) is 77.8 cm³/mol. The van der Waals surface area contributed by atoms with Crippen molar-refractivity contribution in [3.05, 3.63) is 58.7 Å². The van der Waals surface area contributed by atoms with Gasteiger partial charge < -0.3 is 10.9 Å². The van der Waals surface area contributed by atoms with E-state index in [0.29, 0.717) is 16.3 Å². The molecule has 3 N–H and O–H groups in total. The van der Waals surface area contributed by atoms with Crippen molar-refractivity contribution in [2.24, 2.45) is 10.9 Å². The van der Waals surface area contributed by atoms with E-state index in [9.17, 15) is 0 Å². The van der Waals surface area contributed by atoms with Gasteiger partial charge in [-0.25, -0.2) is 4.98 Å². The smallest absolute Gasteiger partial charge is 0.170 e. The lowest BCUT2D eigenvalue weighted by molar-refractivity contribution is 0.318. The first-order chi connectivity index (χ1) is 9.20. The average Bonchev–Trinajstić information content (AvgIpc) is 2.46. The van der Waals surface area contributed by atoms with Crippen LogP contribution in [0.1, 0.15) is 11.1 Å². The number of oxime groups is 1. The molecule has 2 rings (SSSR count). The largest absolute Gasteiger partial charge is 0.409 e. The van der Waals surface area contributed by atoms with E-state index in [-0.39, 0.29) is 5.84 Å². The number of thioether (sulfide) groups is 1. The monoisotopic (exact) mass is 293 g/mol. The van der Waals surface area contributed by atoms with Crippen LogP contribution in [0.5, 0.6) is 0 Å². The minimum Gasteiger partial charge on any atom is -0.409 e. The van der Waals surface area contributed by atoms with Gasteiger partial charge >= 0.3 is 0 Å². The summed E-state index contributed by atoms with van der Waals surface area (Å²) in [6.07, 6.45) is 1.76. The van der Waals surface area contributed by atoms with E-state index >= 15 is 0 Å². The Morgan fingerprint density at radius 1 is 1.37 bits per heavy atom. The van der Waals surface area contributed by atoms with Crippen LogP contribution in [0.25, 0.3) is 0 Å². The second-order valence-electron chi connectivity index (χ2n) is 3.75. The van der Waals surface area contributed by atoms with Crippen LogP contribution in [0.2, 0.25) is 5.02 Å². The lowest BCUT2D eigenvalue weighted by Gasteiger charge is -2.06. The summed E-state index contributed by atoms with van der Waals surface area (Å²) in [5, 5.41) is 13.1. The SMILES string of the molecule is N/C(=N/O)c1ccc(CSc2ccccn2)c(Cl)c1. The van der Waals surface area contributed by atoms with Crippen molar-refractivity contribution in [2.45, 2.75) is 10.8 Å². The van der Waals surface area contributed by atoms with Gasteiger partial charge in [-0.15, -0.1) is 11.8 Å². The van der Waals surface area contributed by atoms with Gasteiger partial charge in [0.25, 0.3) is 0 Å². The van der Waals surface area contributed by atoms with E-state index in [2.05, 4.69) is 10.1 Å². The normalized spacial score (nSPS) is 11.5. The fraction of sp³-hybridized carbons (Fsp3) is 0.0769. The first-order valence-electron chi connectivity index (χ1n) is 5.51. The Labute approximate surface area is 120 Å². The first kappa shape index (κ1) is 13.7. The lowest BCUT2D eigenvalue weighted by atomic mass is 10.1. The van der Waals surface area contributed by atoms with Gasteiger partial charge in [0.1, 0.15) is 0 Å². The van der Waals surface area contributed by atoms with Crippen molar-refractivity contribution >= 4 is 29.2 Å². The number of aromatic nitrogens is 1. The van der Waals surface area contributed by atoms with Gasteiger partial charge in [-0.2, -0.15) is 0 Å². The quantitative estimate of drug-likeness (QED) is 0.299. The maximum absolute atomic E-state index is 8.61. The maximum Gasteiger partial charge on any atom is 0.170 e. The van der Waals surface area contributed by atoms with E-state index < -0.39 is 0 Å². The molecule has 1 heterocycles. The van der Waals surface area contributed by atoms with Crippen molar-refractivity contribution in [3.8, 4) is 0 Å². The molecule has 2 aromatic rings. The van der Waals surface area contributed by atoms with Crippen LogP contribution in [0.3, 0.4) is 0 Å². The van der Waals surface area contributed by atoms with Gasteiger partial charge in [0.05, 0.1) is 5.03 Å². The molecule has 0 saturated heterocycles. The maximum atomic E-state index is 8.61. The van der Waals surface area contributed by atoms with Crippen molar-refractivity contribution < 1.29 is 5.21 Å². The van der Waals surface area contributed by atoms with Crippen molar-refractivity contribution in [2.75, 3.05) is 0 Å². The van der Waals surface area contributed by atoms with Crippen LogP contribution < -0.4 is 5.73 Å². The van der Waals surface area contributed by atoms with Crippen molar-refractivity contribution in [3.63, 3.8) is 0 Å². The van der Waals surface area contributed by atoms with Crippen LogP contribution in [-0.2, 0) is 5.75 Å². The van der Waals surface area contributed by atoms with Gasteiger partial charge in [0.15, 0.2) is 5.84 Å². The van der Waals surface area contributed by atoms with Gasteiger partial charge in [-0.05, 0) is 23.8 Å². The molecule has 0 aliphatic rings. The first-order valence-corrected chi connectivity index (χ1v) is 6.87. The zero-order valence-electron chi connectivity index (χ0n) is 9.95. The molecule has 0 aliphatic heterocycles. The van der Waals surface area contributed by atoms with Gasteiger partial charge in [0.2, 0.25) is 0 Å². The third-order valence-corrected chi connectivity index (χ3v) is 3.81. The molecule has 0 unspecified atom stereocenters. The molecule has 0 saturated carbocycles. The molecular formula is C13H12ClN3OS. The van der Waals surface area contributed by atoms with E-state index in [4.69, 9.17) is 22.5 Å². The number of nitrogens with zero attached hydrogens (tertiary/aromatic N) is 2. The summed E-state index contributed by atoms with van der Waals surface area (Å²) in [5.41, 5.74) is 7.08. The zero-order valence-corrected chi connectivity index (χ0v) is 11.5. The molecule has 0 amide bonds. The van der Waals surface area contributed by atoms with E-state index in [1.165, 1.54) is 0 Å².